The minimum Gasteiger partial charge on any atom is -0.522 e. The van der Waals surface area contributed by atoms with Crippen molar-refractivity contribution in [3.63, 3.8) is 0 Å². The van der Waals surface area contributed by atoms with Gasteiger partial charge < -0.3 is 9.53 Å². The molecule has 50 valence electrons. The molecule has 0 aromatic carbocycles. The molecule has 2 nitrogen and oxygen atoms in total. The summed E-state index contributed by atoms with van der Waals surface area (Å²) in [6.45, 7) is 6.80. The summed E-state index contributed by atoms with van der Waals surface area (Å²) < 4.78 is 4.89. The van der Waals surface area contributed by atoms with E-state index in [9.17, 15) is 4.79 Å². The number of carbonyl (C=O) groups excluding carboxylic acids is 1. The van der Waals surface area contributed by atoms with E-state index in [1.807, 2.05) is 20.8 Å². The molecule has 0 bridgehead atoms. The minimum absolute atomic E-state index is 0. The molecular formula is C6H11O2Zn-. The minimum atomic E-state index is -0.235. The fourth-order valence-electron chi connectivity index (χ4n) is 0.232. The zero-order valence-corrected chi connectivity index (χ0v) is 9.15. The summed E-state index contributed by atoms with van der Waals surface area (Å²) in [4.78, 5) is 9.67. The number of rotatable bonds is 2. The Bertz CT molecular complexity index is 75.6. The third-order valence-corrected chi connectivity index (χ3v) is 0.477. The number of aldehydes is 1. The van der Waals surface area contributed by atoms with Crippen molar-refractivity contribution in [3.05, 3.63) is 6.61 Å². The van der Waals surface area contributed by atoms with Crippen LogP contribution in [0.3, 0.4) is 0 Å². The molecule has 0 unspecified atom stereocenters. The van der Waals surface area contributed by atoms with E-state index in [0.29, 0.717) is 6.29 Å². The molecule has 0 heterocycles. The monoisotopic (exact) mass is 179 g/mol. The molecule has 0 aromatic rings. The van der Waals surface area contributed by atoms with Gasteiger partial charge in [-0.1, -0.05) is 0 Å². The van der Waals surface area contributed by atoms with Gasteiger partial charge in [0.2, 0.25) is 0 Å². The van der Waals surface area contributed by atoms with Crippen LogP contribution in [0.4, 0.5) is 0 Å². The molecule has 0 radical (unpaired) electrons. The van der Waals surface area contributed by atoms with Crippen molar-refractivity contribution in [2.45, 2.75) is 26.4 Å². The third kappa shape index (κ3) is 11.6. The van der Waals surface area contributed by atoms with Gasteiger partial charge in [-0.25, -0.2) is 6.61 Å². The first-order valence-corrected chi connectivity index (χ1v) is 2.51. The maximum absolute atomic E-state index is 9.67. The normalized spacial score (nSPS) is 9.67. The van der Waals surface area contributed by atoms with Gasteiger partial charge in [0.25, 0.3) is 0 Å². The van der Waals surface area contributed by atoms with E-state index >= 15 is 0 Å². The zero-order valence-electron chi connectivity index (χ0n) is 6.18. The second-order valence-corrected chi connectivity index (χ2v) is 2.50. The molecule has 0 amide bonds. The van der Waals surface area contributed by atoms with E-state index in [4.69, 9.17) is 4.74 Å². The van der Waals surface area contributed by atoms with Gasteiger partial charge in [0.1, 0.15) is 0 Å². The molecule has 0 fully saturated rings. The molecule has 0 saturated carbocycles. The molecule has 0 aliphatic carbocycles. The van der Waals surface area contributed by atoms with Crippen LogP contribution in [-0.4, -0.2) is 11.9 Å². The summed E-state index contributed by atoms with van der Waals surface area (Å²) in [5.74, 6) is 0. The molecule has 0 aromatic heterocycles. The molecule has 3 heteroatoms. The van der Waals surface area contributed by atoms with Crippen molar-refractivity contribution in [3.8, 4) is 0 Å². The fourth-order valence-corrected chi connectivity index (χ4v) is 0.232. The summed E-state index contributed by atoms with van der Waals surface area (Å²) >= 11 is 0. The van der Waals surface area contributed by atoms with Crippen molar-refractivity contribution in [1.82, 2.24) is 0 Å². The van der Waals surface area contributed by atoms with Crippen LogP contribution in [0, 0.1) is 6.61 Å². The first-order chi connectivity index (χ1) is 3.56. The first-order valence-electron chi connectivity index (χ1n) is 2.51. The summed E-state index contributed by atoms with van der Waals surface area (Å²) in [7, 11) is 0. The number of carbonyl (C=O) groups is 1. The molecule has 0 atom stereocenters. The Labute approximate surface area is 68.7 Å². The smallest absolute Gasteiger partial charge is 0.0291 e. The summed E-state index contributed by atoms with van der Waals surface area (Å²) in [6.07, 6.45) is 0.630. The largest absolute Gasteiger partial charge is 0.522 e. The Hall–Kier alpha value is 0.123. The van der Waals surface area contributed by atoms with Crippen LogP contribution >= 0.6 is 0 Å². The van der Waals surface area contributed by atoms with Crippen LogP contribution in [0.5, 0.6) is 0 Å². The van der Waals surface area contributed by atoms with Gasteiger partial charge in [-0.3, -0.25) is 0 Å². The average Bonchev–Trinajstić information content (AvgIpc) is 1.59. The Kier molecular flexibility index (Phi) is 6.53. The van der Waals surface area contributed by atoms with Crippen LogP contribution < -0.4 is 0 Å². The van der Waals surface area contributed by atoms with Crippen LogP contribution in [0.25, 0.3) is 0 Å². The van der Waals surface area contributed by atoms with E-state index in [-0.39, 0.29) is 25.1 Å². The van der Waals surface area contributed by atoms with Gasteiger partial charge >= 0.3 is 0 Å². The van der Waals surface area contributed by atoms with E-state index in [1.54, 1.807) is 0 Å². The second-order valence-electron chi connectivity index (χ2n) is 2.50. The van der Waals surface area contributed by atoms with Crippen LogP contribution in [-0.2, 0) is 29.0 Å². The Morgan fingerprint density at radius 3 is 2.00 bits per heavy atom. The SMILES string of the molecule is CC(C)(C)O[CH-]C=O.[Zn]. The van der Waals surface area contributed by atoms with Crippen molar-refractivity contribution >= 4 is 6.29 Å². The molecule has 0 N–H and O–H groups in total. The maximum Gasteiger partial charge on any atom is 0.0291 e. The number of hydrogen-bond donors (Lipinski definition) is 0. The fraction of sp³-hybridized carbons (Fsp3) is 0.667. The molecule has 0 aliphatic rings. The Balaban J connectivity index is 0. The van der Waals surface area contributed by atoms with Gasteiger partial charge in [0.15, 0.2) is 0 Å². The van der Waals surface area contributed by atoms with Gasteiger partial charge in [0, 0.05) is 31.4 Å². The Morgan fingerprint density at radius 2 is 1.89 bits per heavy atom. The van der Waals surface area contributed by atoms with Gasteiger partial charge in [-0.2, -0.15) is 0 Å². The van der Waals surface area contributed by atoms with Crippen molar-refractivity contribution in [1.29, 1.82) is 0 Å². The average molecular weight is 181 g/mol. The van der Waals surface area contributed by atoms with Gasteiger partial charge in [0.05, 0.1) is 0 Å². The number of hydrogen-bond acceptors (Lipinski definition) is 2. The van der Waals surface area contributed by atoms with Crippen LogP contribution in [0.2, 0.25) is 0 Å². The van der Waals surface area contributed by atoms with E-state index in [2.05, 4.69) is 0 Å². The summed E-state index contributed by atoms with van der Waals surface area (Å²) in [5.41, 5.74) is -0.235. The maximum atomic E-state index is 9.67. The quantitative estimate of drug-likeness (QED) is 0.362. The zero-order chi connectivity index (χ0) is 6.62. The molecule has 0 spiro atoms. The summed E-state index contributed by atoms with van der Waals surface area (Å²) in [5, 5.41) is 0. The van der Waals surface area contributed by atoms with Gasteiger partial charge in [-0.05, 0) is 20.8 Å². The van der Waals surface area contributed by atoms with Crippen molar-refractivity contribution in [2.75, 3.05) is 0 Å². The molecular weight excluding hydrogens is 169 g/mol. The van der Waals surface area contributed by atoms with E-state index in [1.165, 1.54) is 0 Å². The van der Waals surface area contributed by atoms with Crippen LogP contribution in [0.15, 0.2) is 0 Å². The molecule has 9 heavy (non-hydrogen) atoms. The van der Waals surface area contributed by atoms with Gasteiger partial charge in [-0.15, -0.1) is 0 Å². The predicted molar refractivity (Wildman–Crippen MR) is 31.2 cm³/mol. The number of ether oxygens (including phenoxy) is 1. The van der Waals surface area contributed by atoms with E-state index < -0.39 is 0 Å². The first kappa shape index (κ1) is 11.9. The molecule has 0 saturated heterocycles. The third-order valence-electron chi connectivity index (χ3n) is 0.477. The summed E-state index contributed by atoms with van der Waals surface area (Å²) in [6, 6.07) is 0. The topological polar surface area (TPSA) is 26.3 Å². The van der Waals surface area contributed by atoms with Crippen molar-refractivity contribution in [2.24, 2.45) is 0 Å². The van der Waals surface area contributed by atoms with Crippen molar-refractivity contribution < 1.29 is 29.0 Å². The molecule has 0 aliphatic heterocycles. The standard InChI is InChI=1S/C6H11O2.Zn/c1-6(2,3)8-5-4-7;/h4-5H,1-3H3;/q-1;. The second kappa shape index (κ2) is 4.95. The molecule has 0 rings (SSSR count). The predicted octanol–water partition coefficient (Wildman–Crippen LogP) is 1.16. The van der Waals surface area contributed by atoms with Crippen LogP contribution in [0.1, 0.15) is 20.8 Å². The Morgan fingerprint density at radius 1 is 1.44 bits per heavy atom. The van der Waals surface area contributed by atoms with E-state index in [0.717, 1.165) is 6.61 Å².